The van der Waals surface area contributed by atoms with Crippen LogP contribution in [0.2, 0.25) is 0 Å². The molecule has 2 aliphatic heterocycles. The molecule has 3 aromatic rings. The molecule has 5 rings (SSSR count). The molecular weight excluding hydrogens is 498 g/mol. The van der Waals surface area contributed by atoms with Crippen molar-refractivity contribution < 1.29 is 33.3 Å². The van der Waals surface area contributed by atoms with Gasteiger partial charge in [0, 0.05) is 28.9 Å². The molecule has 1 saturated heterocycles. The molecule has 0 saturated carbocycles. The summed E-state index contributed by atoms with van der Waals surface area (Å²) >= 11 is 2.21. The lowest BCUT2D eigenvalue weighted by Crippen LogP contribution is -2.71. The van der Waals surface area contributed by atoms with E-state index in [4.69, 9.17) is 15.0 Å². The highest BCUT2D eigenvalue weighted by molar-refractivity contribution is 8.00. The summed E-state index contributed by atoms with van der Waals surface area (Å²) < 4.78 is 11.1. The van der Waals surface area contributed by atoms with Gasteiger partial charge < -0.3 is 30.2 Å². The van der Waals surface area contributed by atoms with Crippen molar-refractivity contribution in [2.24, 2.45) is 5.16 Å². The zero-order valence-corrected chi connectivity index (χ0v) is 19.7. The van der Waals surface area contributed by atoms with E-state index in [-0.39, 0.29) is 28.9 Å². The Morgan fingerprint density at radius 1 is 1.46 bits per heavy atom. The number of aromatic nitrogens is 3. The number of anilines is 1. The molecule has 13 nitrogen and oxygen atoms in total. The highest BCUT2D eigenvalue weighted by Crippen LogP contribution is 2.40. The molecule has 35 heavy (non-hydrogen) atoms. The second-order valence-corrected chi connectivity index (χ2v) is 9.43. The molecule has 0 aromatic carbocycles. The standard InChI is InChI=1S/C20H17N7O6S2/c1-32-24-12(15-23-20(21)35-25-15)16(28)22-13-17(29)27-14(19(30)31)10(8-34-18(13)27)7-26-4-2-11-9(6-26)3-5-33-11/h2-6,13,18H,7-8H2,1H3,(H3-,21,22,23,25,28,30,31)/t13?,18-/m1/s1. The summed E-state index contributed by atoms with van der Waals surface area (Å²) in [6.07, 6.45) is 5.16. The maximum absolute atomic E-state index is 12.9. The Labute approximate surface area is 205 Å². The molecule has 2 atom stereocenters. The van der Waals surface area contributed by atoms with E-state index in [2.05, 4.69) is 19.8 Å². The van der Waals surface area contributed by atoms with E-state index >= 15 is 0 Å². The maximum atomic E-state index is 12.9. The number of nitrogens with zero attached hydrogens (tertiary/aromatic N) is 5. The predicted octanol–water partition coefficient (Wildman–Crippen LogP) is -1.39. The molecule has 0 spiro atoms. The van der Waals surface area contributed by atoms with E-state index in [0.717, 1.165) is 21.8 Å². The molecule has 3 N–H and O–H groups in total. The molecular formula is C20H17N7O6S2. The van der Waals surface area contributed by atoms with Crippen LogP contribution in [0.15, 0.2) is 51.6 Å². The number of nitrogens with one attached hydrogen (secondary N) is 1. The van der Waals surface area contributed by atoms with Crippen LogP contribution in [-0.2, 0) is 25.8 Å². The third-order valence-electron chi connectivity index (χ3n) is 5.40. The van der Waals surface area contributed by atoms with Crippen LogP contribution in [0.25, 0.3) is 11.0 Å². The number of carboxylic acids is 1. The summed E-state index contributed by atoms with van der Waals surface area (Å²) in [6, 6.07) is 2.60. The monoisotopic (exact) mass is 515 g/mol. The number of hydrogen-bond acceptors (Lipinski definition) is 12. The highest BCUT2D eigenvalue weighted by Gasteiger charge is 2.53. The zero-order valence-electron chi connectivity index (χ0n) is 18.0. The first-order valence-electron chi connectivity index (χ1n) is 10.1. The molecule has 3 aromatic heterocycles. The smallest absolute Gasteiger partial charge is 0.278 e. The van der Waals surface area contributed by atoms with Crippen molar-refractivity contribution in [3.8, 4) is 0 Å². The van der Waals surface area contributed by atoms with Crippen molar-refractivity contribution in [2.45, 2.75) is 18.0 Å². The molecule has 2 amide bonds. The lowest BCUT2D eigenvalue weighted by atomic mass is 10.0. The Balaban J connectivity index is 1.36. The van der Waals surface area contributed by atoms with Crippen molar-refractivity contribution in [3.63, 3.8) is 0 Å². The van der Waals surface area contributed by atoms with E-state index in [1.807, 2.05) is 6.20 Å². The van der Waals surface area contributed by atoms with Crippen LogP contribution in [0.3, 0.4) is 0 Å². The number of oxime groups is 1. The number of nitrogen functional groups attached to an aromatic ring is 1. The van der Waals surface area contributed by atoms with Crippen molar-refractivity contribution in [1.29, 1.82) is 0 Å². The fourth-order valence-electron chi connectivity index (χ4n) is 3.89. The van der Waals surface area contributed by atoms with Crippen molar-refractivity contribution in [2.75, 3.05) is 18.6 Å². The van der Waals surface area contributed by atoms with Gasteiger partial charge in [0.25, 0.3) is 11.8 Å². The van der Waals surface area contributed by atoms with Crippen molar-refractivity contribution in [1.82, 2.24) is 19.6 Å². The number of amides is 2. The number of aliphatic carboxylic acids is 1. The number of carbonyl (C=O) groups is 3. The minimum absolute atomic E-state index is 0.0454. The fourth-order valence-corrected chi connectivity index (χ4v) is 5.66. The summed E-state index contributed by atoms with van der Waals surface area (Å²) in [5.74, 6) is -2.51. The Hall–Kier alpha value is -3.98. The van der Waals surface area contributed by atoms with Gasteiger partial charge in [0.1, 0.15) is 24.1 Å². The summed E-state index contributed by atoms with van der Waals surface area (Å²) in [5.41, 5.74) is 6.35. The summed E-state index contributed by atoms with van der Waals surface area (Å²) in [4.78, 5) is 47.5. The van der Waals surface area contributed by atoms with Gasteiger partial charge in [-0.2, -0.15) is 9.36 Å². The summed E-state index contributed by atoms with van der Waals surface area (Å²) in [7, 11) is 1.25. The van der Waals surface area contributed by atoms with Crippen molar-refractivity contribution >= 4 is 62.9 Å². The first kappa shape index (κ1) is 22.8. The van der Waals surface area contributed by atoms with Gasteiger partial charge in [-0.1, -0.05) is 5.16 Å². The van der Waals surface area contributed by atoms with Gasteiger partial charge in [0.05, 0.1) is 23.3 Å². The third-order valence-corrected chi connectivity index (χ3v) is 7.28. The van der Waals surface area contributed by atoms with Gasteiger partial charge in [0.2, 0.25) is 11.5 Å². The Bertz CT molecular complexity index is 1410. The predicted molar refractivity (Wildman–Crippen MR) is 121 cm³/mol. The van der Waals surface area contributed by atoms with Crippen LogP contribution in [0, 0.1) is 0 Å². The second-order valence-electron chi connectivity index (χ2n) is 7.54. The van der Waals surface area contributed by atoms with E-state index < -0.39 is 29.2 Å². The Kier molecular flexibility index (Phi) is 5.86. The minimum atomic E-state index is -1.46. The van der Waals surface area contributed by atoms with Crippen LogP contribution in [0.1, 0.15) is 5.82 Å². The largest absolute Gasteiger partial charge is 0.543 e. The number of β-lactam (4-membered cyclic amide) rings is 1. The molecule has 0 aliphatic carbocycles. The lowest BCUT2D eigenvalue weighted by molar-refractivity contribution is -0.687. The third kappa shape index (κ3) is 4.08. The van der Waals surface area contributed by atoms with E-state index in [9.17, 15) is 19.5 Å². The summed E-state index contributed by atoms with van der Waals surface area (Å²) in [6.45, 7) is 0.243. The number of carbonyl (C=O) groups excluding carboxylic acids is 3. The SMILES string of the molecule is CON=C(C(=O)NC1C(=O)N2C(C(=O)[O-])=C(C[n+]3ccc4occc4c3)CS[C@H]12)c1nsc(N)n1. The zero-order chi connectivity index (χ0) is 24.7. The topological polar surface area (TPSA) is 180 Å². The molecule has 15 heteroatoms. The Morgan fingerprint density at radius 3 is 3.00 bits per heavy atom. The van der Waals surface area contributed by atoms with Gasteiger partial charge in [-0.05, 0) is 6.07 Å². The number of thioether (sulfide) groups is 1. The normalized spacial score (nSPS) is 20.0. The van der Waals surface area contributed by atoms with Crippen LogP contribution in [-0.4, -0.2) is 62.0 Å². The number of pyridine rings is 1. The number of fused-ring (bicyclic) bond motifs is 2. The first-order valence-corrected chi connectivity index (χ1v) is 12.0. The van der Waals surface area contributed by atoms with Gasteiger partial charge in [-0.25, -0.2) is 4.57 Å². The van der Waals surface area contributed by atoms with E-state index in [0.29, 0.717) is 16.9 Å². The molecule has 0 bridgehead atoms. The van der Waals surface area contributed by atoms with Crippen LogP contribution >= 0.6 is 23.3 Å². The molecule has 0 radical (unpaired) electrons. The second kappa shape index (κ2) is 8.99. The molecule has 1 unspecified atom stereocenters. The lowest BCUT2D eigenvalue weighted by Gasteiger charge is -2.50. The average molecular weight is 516 g/mol. The van der Waals surface area contributed by atoms with Crippen LogP contribution < -0.4 is 20.7 Å². The maximum Gasteiger partial charge on any atom is 0.278 e. The van der Waals surface area contributed by atoms with Gasteiger partial charge in [-0.15, -0.1) is 11.8 Å². The van der Waals surface area contributed by atoms with E-state index in [1.165, 1.54) is 18.9 Å². The molecule has 180 valence electrons. The molecule has 5 heterocycles. The summed E-state index contributed by atoms with van der Waals surface area (Å²) in [5, 5.41) is 18.6. The Morgan fingerprint density at radius 2 is 2.29 bits per heavy atom. The van der Waals surface area contributed by atoms with Gasteiger partial charge in [0.15, 0.2) is 24.1 Å². The average Bonchev–Trinajstić information content (AvgIpc) is 3.48. The van der Waals surface area contributed by atoms with Crippen molar-refractivity contribution in [3.05, 3.63) is 47.9 Å². The molecule has 2 aliphatic rings. The number of rotatable bonds is 7. The quantitative estimate of drug-likeness (QED) is 0.165. The molecule has 1 fully saturated rings. The highest BCUT2D eigenvalue weighted by atomic mass is 32.2. The number of hydrogen-bond donors (Lipinski definition) is 2. The first-order chi connectivity index (χ1) is 16.9. The number of nitrogens with two attached hydrogens (primary N) is 1. The van der Waals surface area contributed by atoms with Gasteiger partial charge in [-0.3, -0.25) is 14.5 Å². The fraction of sp³-hybridized carbons (Fsp3) is 0.250. The van der Waals surface area contributed by atoms with E-state index in [1.54, 1.807) is 29.2 Å². The van der Waals surface area contributed by atoms with Gasteiger partial charge >= 0.3 is 0 Å². The van der Waals surface area contributed by atoms with Crippen LogP contribution in [0.4, 0.5) is 5.13 Å². The number of carboxylic acid groups (broad SMARTS) is 1. The number of furan rings is 1. The minimum Gasteiger partial charge on any atom is -0.543 e. The van der Waals surface area contributed by atoms with Crippen LogP contribution in [0.5, 0.6) is 0 Å².